The van der Waals surface area contributed by atoms with Gasteiger partial charge >= 0.3 is 0 Å². The van der Waals surface area contributed by atoms with Crippen LogP contribution in [0.2, 0.25) is 0 Å². The number of benzene rings is 4. The van der Waals surface area contributed by atoms with E-state index >= 15 is 0 Å². The predicted molar refractivity (Wildman–Crippen MR) is 242 cm³/mol. The third-order valence-corrected chi connectivity index (χ3v) is 12.0. The lowest BCUT2D eigenvalue weighted by molar-refractivity contribution is 0.590. The Bertz CT molecular complexity index is 2630. The monoisotopic (exact) mass is 743 g/mol. The van der Waals surface area contributed by atoms with Crippen molar-refractivity contribution in [2.45, 2.75) is 52.4 Å². The molecule has 8 bridgehead atoms. The molecule has 9 rings (SSSR count). The molecular formula is C52H45N3S. The van der Waals surface area contributed by atoms with E-state index in [1.54, 1.807) is 11.3 Å². The summed E-state index contributed by atoms with van der Waals surface area (Å²) >= 11 is 1.79. The Labute approximate surface area is 333 Å². The smallest absolute Gasteiger partial charge is 0.0737 e. The van der Waals surface area contributed by atoms with Gasteiger partial charge in [0.25, 0.3) is 0 Å². The Morgan fingerprint density at radius 2 is 0.714 bits per heavy atom. The van der Waals surface area contributed by atoms with Crippen LogP contribution in [0, 0.1) is 0 Å². The van der Waals surface area contributed by atoms with E-state index in [4.69, 9.17) is 9.97 Å². The van der Waals surface area contributed by atoms with Crippen LogP contribution >= 0.6 is 11.3 Å². The molecule has 0 radical (unpaired) electrons. The zero-order chi connectivity index (χ0) is 38.6. The minimum atomic E-state index is 0.0453. The highest BCUT2D eigenvalue weighted by Crippen LogP contribution is 2.41. The number of hydrogen-bond donors (Lipinski definition) is 1. The molecule has 4 aromatic carbocycles. The summed E-state index contributed by atoms with van der Waals surface area (Å²) in [5, 5.41) is 0. The largest absolute Gasteiger partial charge is 0.354 e. The third kappa shape index (κ3) is 6.65. The Balaban J connectivity index is 1.43. The van der Waals surface area contributed by atoms with Crippen LogP contribution in [-0.4, -0.2) is 15.0 Å². The van der Waals surface area contributed by atoms with E-state index in [-0.39, 0.29) is 10.8 Å². The Morgan fingerprint density at radius 1 is 0.375 bits per heavy atom. The number of aromatic nitrogens is 3. The number of fused-ring (bicyclic) bond motifs is 8. The average Bonchev–Trinajstić information content (AvgIpc) is 4.03. The van der Waals surface area contributed by atoms with Gasteiger partial charge in [-0.15, -0.1) is 11.3 Å². The molecule has 0 saturated carbocycles. The van der Waals surface area contributed by atoms with E-state index in [0.29, 0.717) is 0 Å². The van der Waals surface area contributed by atoms with Crippen LogP contribution in [0.5, 0.6) is 0 Å². The second kappa shape index (κ2) is 13.9. The quantitative estimate of drug-likeness (QED) is 0.195. The van der Waals surface area contributed by atoms with Crippen LogP contribution in [0.25, 0.3) is 89.2 Å². The predicted octanol–water partition coefficient (Wildman–Crippen LogP) is 14.7. The van der Waals surface area contributed by atoms with E-state index in [1.165, 1.54) is 11.1 Å². The molecule has 7 aromatic rings. The summed E-state index contributed by atoms with van der Waals surface area (Å²) in [5.41, 5.74) is 17.3. The van der Waals surface area contributed by atoms with Gasteiger partial charge in [0.1, 0.15) is 0 Å². The Kier molecular flexibility index (Phi) is 8.82. The first-order chi connectivity index (χ1) is 27.0. The normalized spacial score (nSPS) is 12.7. The van der Waals surface area contributed by atoms with Crippen LogP contribution in [0.15, 0.2) is 133 Å². The van der Waals surface area contributed by atoms with Crippen molar-refractivity contribution in [1.82, 2.24) is 15.0 Å². The topological polar surface area (TPSA) is 41.6 Å². The SMILES string of the molecule is CC(C)(C)c1ccc(-c2c3nc(c(-c4ccccc4)c4ccc(s4)c(-c4ccccc4)c4nc(c(-c5ccc(C(C)(C)C)cc5)c5ccc2[nH]5)C=C4)C=C3)cc1. The second-order valence-electron chi connectivity index (χ2n) is 16.8. The van der Waals surface area contributed by atoms with Crippen LogP contribution in [-0.2, 0) is 10.8 Å². The first-order valence-corrected chi connectivity index (χ1v) is 20.2. The lowest BCUT2D eigenvalue weighted by Crippen LogP contribution is -2.10. The molecule has 0 unspecified atom stereocenters. The number of rotatable bonds is 4. The van der Waals surface area contributed by atoms with Gasteiger partial charge in [0, 0.05) is 42.7 Å². The number of aromatic amines is 1. The number of hydrogen-bond acceptors (Lipinski definition) is 3. The van der Waals surface area contributed by atoms with Gasteiger partial charge in [-0.1, -0.05) is 151 Å². The first-order valence-electron chi connectivity index (χ1n) is 19.4. The fourth-order valence-corrected chi connectivity index (χ4v) is 8.93. The minimum Gasteiger partial charge on any atom is -0.354 e. The van der Waals surface area contributed by atoms with Crippen LogP contribution < -0.4 is 0 Å². The standard InChI is InChI=1S/C52H45N3S/c1-51(2,3)37-21-17-35(18-22-37)47-39-25-26-40(53-39)48(36-19-23-38(24-20-36)52(4,5)6)42-28-30-44(55-42)50(34-15-11-8-12-16-34)46-32-31-45(56-46)49(33-13-9-7-10-14-33)43-29-27-41(47)54-43/h7-32,53H,1-6H3. The Hall–Kier alpha value is -6.10. The second-order valence-corrected chi connectivity index (χ2v) is 17.9. The molecule has 0 spiro atoms. The van der Waals surface area contributed by atoms with Crippen molar-refractivity contribution in [2.24, 2.45) is 0 Å². The van der Waals surface area contributed by atoms with Gasteiger partial charge < -0.3 is 4.98 Å². The molecule has 2 aliphatic heterocycles. The molecule has 0 aliphatic carbocycles. The van der Waals surface area contributed by atoms with Crippen LogP contribution in [0.1, 0.15) is 75.4 Å². The molecular weight excluding hydrogens is 699 g/mol. The number of nitrogens with zero attached hydrogens (tertiary/aromatic N) is 2. The number of H-pyrrole nitrogens is 1. The van der Waals surface area contributed by atoms with Crippen LogP contribution in [0.3, 0.4) is 0 Å². The minimum absolute atomic E-state index is 0.0453. The van der Waals surface area contributed by atoms with Crippen molar-refractivity contribution in [2.75, 3.05) is 0 Å². The molecule has 274 valence electrons. The molecule has 4 heteroatoms. The molecule has 3 aromatic heterocycles. The summed E-state index contributed by atoms with van der Waals surface area (Å²) in [6, 6.07) is 48.3. The van der Waals surface area contributed by atoms with Crippen molar-refractivity contribution in [3.8, 4) is 44.5 Å². The van der Waals surface area contributed by atoms with Crippen molar-refractivity contribution >= 4 is 56.1 Å². The maximum absolute atomic E-state index is 5.48. The summed E-state index contributed by atoms with van der Waals surface area (Å²) < 4.78 is 2.32. The highest BCUT2D eigenvalue weighted by molar-refractivity contribution is 7.24. The maximum atomic E-state index is 5.48. The maximum Gasteiger partial charge on any atom is 0.0737 e. The summed E-state index contributed by atoms with van der Waals surface area (Å²) in [5.74, 6) is 0. The van der Waals surface area contributed by atoms with E-state index in [2.05, 4.69) is 204 Å². The fraction of sp³-hybridized carbons (Fsp3) is 0.154. The molecule has 0 saturated heterocycles. The van der Waals surface area contributed by atoms with Gasteiger partial charge in [-0.25, -0.2) is 9.97 Å². The first kappa shape index (κ1) is 35.6. The van der Waals surface area contributed by atoms with E-state index in [1.807, 2.05) is 0 Å². The molecule has 3 nitrogen and oxygen atoms in total. The summed E-state index contributed by atoms with van der Waals surface area (Å²) in [4.78, 5) is 14.9. The van der Waals surface area contributed by atoms with Crippen molar-refractivity contribution in [3.63, 3.8) is 0 Å². The number of thiophene rings is 1. The molecule has 5 heterocycles. The van der Waals surface area contributed by atoms with Gasteiger partial charge in [0.05, 0.1) is 22.8 Å². The van der Waals surface area contributed by atoms with Gasteiger partial charge in [0.2, 0.25) is 0 Å². The lowest BCUT2D eigenvalue weighted by Gasteiger charge is -2.19. The molecule has 0 atom stereocenters. The van der Waals surface area contributed by atoms with Gasteiger partial charge in [0.15, 0.2) is 0 Å². The van der Waals surface area contributed by atoms with E-state index in [0.717, 1.165) is 87.7 Å². The molecule has 56 heavy (non-hydrogen) atoms. The third-order valence-electron chi connectivity index (χ3n) is 10.8. The van der Waals surface area contributed by atoms with Gasteiger partial charge in [-0.2, -0.15) is 0 Å². The highest BCUT2D eigenvalue weighted by Gasteiger charge is 2.21. The zero-order valence-corrected chi connectivity index (χ0v) is 33.6. The molecule has 2 aliphatic rings. The van der Waals surface area contributed by atoms with E-state index < -0.39 is 0 Å². The lowest BCUT2D eigenvalue weighted by atomic mass is 9.86. The van der Waals surface area contributed by atoms with Crippen molar-refractivity contribution < 1.29 is 0 Å². The van der Waals surface area contributed by atoms with Gasteiger partial charge in [-0.05, 0) is 92.8 Å². The number of nitrogens with one attached hydrogen (secondary N) is 1. The Morgan fingerprint density at radius 3 is 1.07 bits per heavy atom. The molecule has 0 amide bonds. The molecule has 0 fully saturated rings. The summed E-state index contributed by atoms with van der Waals surface area (Å²) in [6.07, 6.45) is 8.73. The highest BCUT2D eigenvalue weighted by atomic mass is 32.1. The zero-order valence-electron chi connectivity index (χ0n) is 32.8. The summed E-state index contributed by atoms with van der Waals surface area (Å²) in [7, 11) is 0. The van der Waals surface area contributed by atoms with Crippen molar-refractivity contribution in [3.05, 3.63) is 167 Å². The molecule has 1 N–H and O–H groups in total. The van der Waals surface area contributed by atoms with Crippen molar-refractivity contribution in [1.29, 1.82) is 0 Å². The fourth-order valence-electron chi connectivity index (χ4n) is 7.77. The van der Waals surface area contributed by atoms with Gasteiger partial charge in [-0.3, -0.25) is 0 Å². The van der Waals surface area contributed by atoms with E-state index in [9.17, 15) is 0 Å². The average molecular weight is 744 g/mol. The van der Waals surface area contributed by atoms with Crippen LogP contribution in [0.4, 0.5) is 0 Å². The summed E-state index contributed by atoms with van der Waals surface area (Å²) in [6.45, 7) is 13.6.